The lowest BCUT2D eigenvalue weighted by atomic mass is 10.3. The summed E-state index contributed by atoms with van der Waals surface area (Å²) < 4.78 is 8.60. The first-order chi connectivity index (χ1) is 13.6. The maximum Gasteiger partial charge on any atom is 0.234 e. The fourth-order valence-electron chi connectivity index (χ4n) is 2.36. The number of nitrogens with two attached hydrogens (primary N) is 1. The molecule has 0 saturated heterocycles. The highest BCUT2D eigenvalue weighted by atomic mass is 32.2. The topological polar surface area (TPSA) is 76.4 Å². The molecule has 3 aromatic carbocycles. The van der Waals surface area contributed by atoms with Crippen molar-refractivity contribution in [3.05, 3.63) is 72.8 Å². The van der Waals surface area contributed by atoms with E-state index in [0.29, 0.717) is 11.4 Å². The molecule has 4 N–H and O–H groups in total. The van der Waals surface area contributed by atoms with Crippen molar-refractivity contribution in [1.82, 2.24) is 0 Å². The molecule has 0 aliphatic rings. The van der Waals surface area contributed by atoms with Crippen molar-refractivity contribution in [1.29, 1.82) is 0 Å². The maximum atomic E-state index is 12.1. The summed E-state index contributed by atoms with van der Waals surface area (Å²) in [5.41, 5.74) is 8.06. The second-order valence-corrected chi connectivity index (χ2v) is 7.76. The molecule has 3 rings (SSSR count). The lowest BCUT2D eigenvalue weighted by Gasteiger charge is -2.10. The standard InChI is InChI=1S/C21H21N3O2S2/c1-26-20-5-3-2-4-19(20)24-28-18-12-8-16(9-13-18)23-21(25)14-27-17-10-6-15(22)7-11-17/h2-13,24H,14,22H2,1H3,(H,23,25). The van der Waals surface area contributed by atoms with Crippen LogP contribution >= 0.6 is 23.7 Å². The van der Waals surface area contributed by atoms with Crippen molar-refractivity contribution in [2.75, 3.05) is 28.6 Å². The number of nitrogens with one attached hydrogen (secondary N) is 2. The van der Waals surface area contributed by atoms with E-state index in [0.717, 1.165) is 26.9 Å². The molecule has 0 unspecified atom stereocenters. The zero-order valence-electron chi connectivity index (χ0n) is 15.3. The monoisotopic (exact) mass is 411 g/mol. The van der Waals surface area contributed by atoms with Crippen LogP contribution in [-0.2, 0) is 4.79 Å². The molecule has 7 heteroatoms. The molecular weight excluding hydrogens is 390 g/mol. The molecule has 0 saturated carbocycles. The Morgan fingerprint density at radius 1 is 0.964 bits per heavy atom. The van der Waals surface area contributed by atoms with E-state index in [1.54, 1.807) is 7.11 Å². The van der Waals surface area contributed by atoms with Gasteiger partial charge in [0, 0.05) is 21.2 Å². The Labute approximate surface area is 173 Å². The van der Waals surface area contributed by atoms with Gasteiger partial charge in [-0.05, 0) is 72.6 Å². The third-order valence-corrected chi connectivity index (χ3v) is 5.62. The van der Waals surface area contributed by atoms with Crippen molar-refractivity contribution >= 4 is 46.7 Å². The van der Waals surface area contributed by atoms with Crippen LogP contribution in [0.4, 0.5) is 17.1 Å². The van der Waals surface area contributed by atoms with E-state index in [-0.39, 0.29) is 5.91 Å². The van der Waals surface area contributed by atoms with Gasteiger partial charge in [-0.15, -0.1) is 11.8 Å². The number of nitrogen functional groups attached to an aromatic ring is 1. The number of ether oxygens (including phenoxy) is 1. The molecule has 0 fully saturated rings. The van der Waals surface area contributed by atoms with Gasteiger partial charge in [0.2, 0.25) is 5.91 Å². The van der Waals surface area contributed by atoms with Crippen LogP contribution in [-0.4, -0.2) is 18.8 Å². The number of anilines is 3. The molecule has 144 valence electrons. The van der Waals surface area contributed by atoms with Crippen molar-refractivity contribution in [3.8, 4) is 5.75 Å². The van der Waals surface area contributed by atoms with E-state index in [1.807, 2.05) is 72.8 Å². The average molecular weight is 412 g/mol. The number of amides is 1. The van der Waals surface area contributed by atoms with Crippen LogP contribution in [0.5, 0.6) is 5.75 Å². The number of benzene rings is 3. The van der Waals surface area contributed by atoms with Gasteiger partial charge in [-0.1, -0.05) is 12.1 Å². The summed E-state index contributed by atoms with van der Waals surface area (Å²) in [5.74, 6) is 1.09. The molecule has 1 amide bonds. The van der Waals surface area contributed by atoms with Crippen LogP contribution in [0.3, 0.4) is 0 Å². The number of carbonyl (C=O) groups excluding carboxylic acids is 1. The number of hydrogen-bond donors (Lipinski definition) is 3. The fourth-order valence-corrected chi connectivity index (χ4v) is 3.73. The summed E-state index contributed by atoms with van der Waals surface area (Å²) in [5, 5.41) is 2.91. The smallest absolute Gasteiger partial charge is 0.234 e. The zero-order chi connectivity index (χ0) is 19.8. The van der Waals surface area contributed by atoms with Gasteiger partial charge < -0.3 is 20.5 Å². The fraction of sp³-hybridized carbons (Fsp3) is 0.0952. The SMILES string of the molecule is COc1ccccc1NSc1ccc(NC(=O)CSc2ccc(N)cc2)cc1. The molecule has 0 radical (unpaired) electrons. The first kappa shape index (κ1) is 20.0. The Morgan fingerprint density at radius 3 is 2.36 bits per heavy atom. The van der Waals surface area contributed by atoms with E-state index in [9.17, 15) is 4.79 Å². The van der Waals surface area contributed by atoms with Crippen LogP contribution < -0.4 is 20.5 Å². The van der Waals surface area contributed by atoms with Gasteiger partial charge >= 0.3 is 0 Å². The van der Waals surface area contributed by atoms with Crippen LogP contribution in [0.15, 0.2) is 82.6 Å². The van der Waals surface area contributed by atoms with Crippen molar-refractivity contribution < 1.29 is 9.53 Å². The number of methoxy groups -OCH3 is 1. The van der Waals surface area contributed by atoms with Gasteiger partial charge in [0.15, 0.2) is 0 Å². The Hall–Kier alpha value is -2.77. The summed E-state index contributed by atoms with van der Waals surface area (Å²) in [7, 11) is 1.65. The van der Waals surface area contributed by atoms with Gasteiger partial charge in [-0.3, -0.25) is 4.79 Å². The van der Waals surface area contributed by atoms with Crippen LogP contribution in [0, 0.1) is 0 Å². The Bertz CT molecular complexity index is 916. The second-order valence-electron chi connectivity index (χ2n) is 5.83. The first-order valence-electron chi connectivity index (χ1n) is 8.58. The third kappa shape index (κ3) is 5.87. The van der Waals surface area contributed by atoms with Crippen molar-refractivity contribution in [2.24, 2.45) is 0 Å². The normalized spacial score (nSPS) is 10.3. The molecule has 0 atom stereocenters. The summed E-state index contributed by atoms with van der Waals surface area (Å²) in [4.78, 5) is 14.2. The van der Waals surface area contributed by atoms with Gasteiger partial charge in [-0.2, -0.15) is 0 Å². The van der Waals surface area contributed by atoms with Crippen LogP contribution in [0.1, 0.15) is 0 Å². The zero-order valence-corrected chi connectivity index (χ0v) is 17.0. The lowest BCUT2D eigenvalue weighted by Crippen LogP contribution is -2.13. The Morgan fingerprint density at radius 2 is 1.64 bits per heavy atom. The molecule has 0 bridgehead atoms. The van der Waals surface area contributed by atoms with Crippen LogP contribution in [0.25, 0.3) is 0 Å². The number of carbonyl (C=O) groups is 1. The van der Waals surface area contributed by atoms with Crippen molar-refractivity contribution in [3.63, 3.8) is 0 Å². The minimum absolute atomic E-state index is 0.0469. The van der Waals surface area contributed by atoms with Gasteiger partial charge in [-0.25, -0.2) is 0 Å². The van der Waals surface area contributed by atoms with Gasteiger partial charge in [0.05, 0.1) is 18.6 Å². The number of para-hydroxylation sites is 2. The summed E-state index contributed by atoms with van der Waals surface area (Å²) in [6.07, 6.45) is 0. The number of rotatable bonds is 8. The predicted molar refractivity (Wildman–Crippen MR) is 119 cm³/mol. The van der Waals surface area contributed by atoms with Gasteiger partial charge in [0.1, 0.15) is 5.75 Å². The predicted octanol–water partition coefficient (Wildman–Crippen LogP) is 5.13. The minimum Gasteiger partial charge on any atom is -0.495 e. The van der Waals surface area contributed by atoms with Crippen LogP contribution in [0.2, 0.25) is 0 Å². The molecule has 0 spiro atoms. The minimum atomic E-state index is -0.0469. The van der Waals surface area contributed by atoms with E-state index >= 15 is 0 Å². The number of thioether (sulfide) groups is 1. The lowest BCUT2D eigenvalue weighted by molar-refractivity contribution is -0.113. The molecule has 0 aromatic heterocycles. The largest absolute Gasteiger partial charge is 0.495 e. The van der Waals surface area contributed by atoms with Crippen molar-refractivity contribution in [2.45, 2.75) is 9.79 Å². The molecular formula is C21H21N3O2S2. The Balaban J connectivity index is 1.48. The maximum absolute atomic E-state index is 12.1. The molecule has 0 heterocycles. The third-order valence-electron chi connectivity index (χ3n) is 3.77. The second kappa shape index (κ2) is 9.96. The molecule has 0 aliphatic carbocycles. The summed E-state index contributed by atoms with van der Waals surface area (Å²) in [6.45, 7) is 0. The quantitative estimate of drug-likeness (QED) is 0.271. The number of hydrogen-bond acceptors (Lipinski definition) is 6. The highest BCUT2D eigenvalue weighted by molar-refractivity contribution is 8.00. The molecule has 5 nitrogen and oxygen atoms in total. The average Bonchev–Trinajstić information content (AvgIpc) is 2.73. The molecule has 28 heavy (non-hydrogen) atoms. The van der Waals surface area contributed by atoms with E-state index in [4.69, 9.17) is 10.5 Å². The van der Waals surface area contributed by atoms with E-state index < -0.39 is 0 Å². The molecule has 0 aliphatic heterocycles. The van der Waals surface area contributed by atoms with E-state index in [1.165, 1.54) is 23.7 Å². The summed E-state index contributed by atoms with van der Waals surface area (Å²) >= 11 is 2.96. The highest BCUT2D eigenvalue weighted by Crippen LogP contribution is 2.29. The van der Waals surface area contributed by atoms with E-state index in [2.05, 4.69) is 10.0 Å². The summed E-state index contributed by atoms with van der Waals surface area (Å²) in [6, 6.07) is 22.9. The van der Waals surface area contributed by atoms with Gasteiger partial charge in [0.25, 0.3) is 0 Å². The molecule has 3 aromatic rings. The highest BCUT2D eigenvalue weighted by Gasteiger charge is 2.05. The Kier molecular flexibility index (Phi) is 7.11. The first-order valence-corrected chi connectivity index (χ1v) is 10.4.